The van der Waals surface area contributed by atoms with Crippen LogP contribution >= 0.6 is 12.2 Å². The number of hydrogen-bond donors (Lipinski definition) is 0. The molecule has 3 aromatic rings. The van der Waals surface area contributed by atoms with Crippen LogP contribution in [0.25, 0.3) is 11.1 Å². The maximum atomic E-state index is 11.9. The fraction of sp³-hybridized carbons (Fsp3) is 0. The fourth-order valence-corrected chi connectivity index (χ4v) is 2.34. The van der Waals surface area contributed by atoms with Gasteiger partial charge < -0.3 is 4.42 Å². The first-order valence-corrected chi connectivity index (χ1v) is 6.38. The summed E-state index contributed by atoms with van der Waals surface area (Å²) in [5.41, 5.74) is 1.26. The number of nitro groups is 1. The number of hydrogen-bond acceptors (Lipinski definition) is 5. The summed E-state index contributed by atoms with van der Waals surface area (Å²) in [5.74, 6) is -0.618. The molecule has 7 heteroatoms. The van der Waals surface area contributed by atoms with E-state index in [0.717, 1.165) is 0 Å². The predicted molar refractivity (Wildman–Crippen MR) is 80.7 cm³/mol. The van der Waals surface area contributed by atoms with Crippen molar-refractivity contribution in [3.63, 3.8) is 0 Å². The molecule has 0 saturated heterocycles. The Morgan fingerprint density at radius 3 is 2.71 bits per heavy atom. The molecule has 2 aromatic carbocycles. The molecule has 0 aliphatic rings. The zero-order chi connectivity index (χ0) is 15.0. The average molecular weight is 300 g/mol. The van der Waals surface area contributed by atoms with Crippen LogP contribution in [0.3, 0.4) is 0 Å². The van der Waals surface area contributed by atoms with Crippen molar-refractivity contribution in [2.45, 2.75) is 0 Å². The lowest BCUT2D eigenvalue weighted by Crippen LogP contribution is -2.22. The van der Waals surface area contributed by atoms with Gasteiger partial charge in [0.1, 0.15) is 4.99 Å². The van der Waals surface area contributed by atoms with Crippen molar-refractivity contribution in [3.8, 4) is 0 Å². The Morgan fingerprint density at radius 2 is 1.95 bits per heavy atom. The van der Waals surface area contributed by atoms with Crippen LogP contribution in [0.2, 0.25) is 0 Å². The number of nitro benzene ring substituents is 1. The van der Waals surface area contributed by atoms with Gasteiger partial charge >= 0.3 is 5.76 Å². The summed E-state index contributed by atoms with van der Waals surface area (Å²) in [6, 6.07) is 12.7. The normalized spacial score (nSPS) is 10.7. The largest absolute Gasteiger partial charge is 0.425 e. The molecule has 0 fully saturated rings. The van der Waals surface area contributed by atoms with Crippen molar-refractivity contribution in [1.29, 1.82) is 0 Å². The van der Waals surface area contributed by atoms with Gasteiger partial charge in [0.15, 0.2) is 5.58 Å². The molecule has 1 heterocycles. The molecule has 0 saturated carbocycles. The van der Waals surface area contributed by atoms with Crippen LogP contribution in [0, 0.1) is 10.1 Å². The van der Waals surface area contributed by atoms with Crippen LogP contribution in [-0.4, -0.2) is 14.5 Å². The van der Waals surface area contributed by atoms with E-state index in [1.807, 2.05) is 0 Å². The molecule has 0 bridgehead atoms. The molecule has 0 spiro atoms. The lowest BCUT2D eigenvalue weighted by atomic mass is 10.2. The van der Waals surface area contributed by atoms with E-state index in [-0.39, 0.29) is 10.7 Å². The molecule has 104 valence electrons. The van der Waals surface area contributed by atoms with E-state index >= 15 is 0 Å². The summed E-state index contributed by atoms with van der Waals surface area (Å²) in [6.45, 7) is 0. The average Bonchev–Trinajstić information content (AvgIpc) is 2.82. The molecule has 0 amide bonds. The Hall–Kier alpha value is -2.80. The van der Waals surface area contributed by atoms with Gasteiger partial charge in [-0.3, -0.25) is 10.1 Å². The van der Waals surface area contributed by atoms with E-state index < -0.39 is 10.7 Å². The van der Waals surface area contributed by atoms with Crippen LogP contribution in [0.15, 0.2) is 57.7 Å². The number of rotatable bonds is 2. The molecule has 0 aliphatic heterocycles. The number of oxazole rings is 1. The summed E-state index contributed by atoms with van der Waals surface area (Å²) >= 11 is 5.28. The summed E-state index contributed by atoms with van der Waals surface area (Å²) < 4.78 is 6.33. The highest BCUT2D eigenvalue weighted by Gasteiger charge is 2.16. The zero-order valence-electron chi connectivity index (χ0n) is 10.6. The Bertz CT molecular complexity index is 926. The van der Waals surface area contributed by atoms with Gasteiger partial charge in [-0.25, -0.2) is 9.36 Å². The number of nitrogens with zero attached hydrogens (tertiary/aromatic N) is 2. The first-order valence-electron chi connectivity index (χ1n) is 5.97. The van der Waals surface area contributed by atoms with E-state index in [9.17, 15) is 14.9 Å². The maximum Gasteiger partial charge on any atom is 0.425 e. The van der Waals surface area contributed by atoms with Gasteiger partial charge in [-0.2, -0.15) is 0 Å². The highest BCUT2D eigenvalue weighted by atomic mass is 32.1. The third-order valence-electron chi connectivity index (χ3n) is 2.99. The first-order chi connectivity index (χ1) is 10.1. The SMILES string of the molecule is O=c1oc2ccccc2n1C(=S)c1cccc([N+](=O)[O-])c1. The molecule has 0 radical (unpaired) electrons. The van der Waals surface area contributed by atoms with Crippen molar-refractivity contribution < 1.29 is 9.34 Å². The fourth-order valence-electron chi connectivity index (χ4n) is 2.04. The highest BCUT2D eigenvalue weighted by Crippen LogP contribution is 2.17. The molecule has 0 unspecified atom stereocenters. The van der Waals surface area contributed by atoms with Crippen molar-refractivity contribution in [3.05, 3.63) is 74.8 Å². The molecule has 21 heavy (non-hydrogen) atoms. The quantitative estimate of drug-likeness (QED) is 0.413. The Morgan fingerprint density at radius 1 is 1.19 bits per heavy atom. The van der Waals surface area contributed by atoms with Crippen LogP contribution in [0.5, 0.6) is 0 Å². The Kier molecular flexibility index (Phi) is 3.11. The highest BCUT2D eigenvalue weighted by molar-refractivity contribution is 7.80. The monoisotopic (exact) mass is 300 g/mol. The number of aromatic nitrogens is 1. The lowest BCUT2D eigenvalue weighted by Gasteiger charge is -2.04. The second kappa shape index (κ2) is 4.95. The van der Waals surface area contributed by atoms with Gasteiger partial charge in [-0.05, 0) is 12.1 Å². The van der Waals surface area contributed by atoms with Crippen LogP contribution in [0.1, 0.15) is 5.56 Å². The molecular weight excluding hydrogens is 292 g/mol. The standard InChI is InChI=1S/C14H8N2O4S/c17-14-15(11-6-1-2-7-12(11)20-14)13(21)9-4-3-5-10(8-9)16(18)19/h1-8H. The molecule has 6 nitrogen and oxygen atoms in total. The van der Waals surface area contributed by atoms with Gasteiger partial charge in [-0.1, -0.05) is 36.5 Å². The Balaban J connectivity index is 2.17. The second-order valence-electron chi connectivity index (χ2n) is 4.28. The number of thiocarbonyl (C=S) groups is 1. The summed E-state index contributed by atoms with van der Waals surface area (Å²) in [5, 5.41) is 10.8. The van der Waals surface area contributed by atoms with Gasteiger partial charge in [0, 0.05) is 17.7 Å². The molecule has 3 rings (SSSR count). The minimum atomic E-state index is -0.618. The smallest absolute Gasteiger partial charge is 0.407 e. The van der Waals surface area contributed by atoms with Crippen molar-refractivity contribution >= 4 is 34.0 Å². The molecule has 0 aliphatic carbocycles. The first kappa shape index (κ1) is 13.2. The lowest BCUT2D eigenvalue weighted by molar-refractivity contribution is -0.384. The van der Waals surface area contributed by atoms with E-state index in [1.165, 1.54) is 22.8 Å². The van der Waals surface area contributed by atoms with Crippen molar-refractivity contribution in [2.24, 2.45) is 0 Å². The minimum Gasteiger partial charge on any atom is -0.407 e. The summed E-state index contributed by atoms with van der Waals surface area (Å²) in [7, 11) is 0. The van der Waals surface area contributed by atoms with Crippen LogP contribution in [0.4, 0.5) is 5.69 Å². The third kappa shape index (κ3) is 2.23. The topological polar surface area (TPSA) is 78.3 Å². The number of fused-ring (bicyclic) bond motifs is 1. The van der Waals surface area contributed by atoms with Crippen LogP contribution in [-0.2, 0) is 0 Å². The number of para-hydroxylation sites is 2. The maximum absolute atomic E-state index is 11.9. The minimum absolute atomic E-state index is 0.0873. The van der Waals surface area contributed by atoms with Crippen LogP contribution < -0.4 is 5.76 Å². The zero-order valence-corrected chi connectivity index (χ0v) is 11.4. The molecule has 0 N–H and O–H groups in total. The van der Waals surface area contributed by atoms with Gasteiger partial charge in [0.2, 0.25) is 0 Å². The molecule has 1 aromatic heterocycles. The summed E-state index contributed by atoms with van der Waals surface area (Å²) in [4.78, 5) is 22.4. The van der Waals surface area contributed by atoms with E-state index in [0.29, 0.717) is 16.7 Å². The van der Waals surface area contributed by atoms with E-state index in [2.05, 4.69) is 0 Å². The second-order valence-corrected chi connectivity index (χ2v) is 4.67. The third-order valence-corrected chi connectivity index (χ3v) is 3.41. The number of benzene rings is 2. The van der Waals surface area contributed by atoms with E-state index in [4.69, 9.17) is 16.6 Å². The summed E-state index contributed by atoms with van der Waals surface area (Å²) in [6.07, 6.45) is 0. The van der Waals surface area contributed by atoms with E-state index in [1.54, 1.807) is 30.3 Å². The van der Waals surface area contributed by atoms with Gasteiger partial charge in [-0.15, -0.1) is 0 Å². The van der Waals surface area contributed by atoms with Gasteiger partial charge in [0.05, 0.1) is 10.4 Å². The van der Waals surface area contributed by atoms with Crippen molar-refractivity contribution in [2.75, 3.05) is 0 Å². The molecule has 0 atom stereocenters. The Labute approximate surface area is 123 Å². The number of non-ortho nitro benzene ring substituents is 1. The van der Waals surface area contributed by atoms with Gasteiger partial charge in [0.25, 0.3) is 5.69 Å². The van der Waals surface area contributed by atoms with Crippen molar-refractivity contribution in [1.82, 2.24) is 4.57 Å². The predicted octanol–water partition coefficient (Wildman–Crippen LogP) is 2.73. The molecular formula is C14H8N2O4S.